The molecule has 0 spiro atoms. The second kappa shape index (κ2) is 13.9. The fourth-order valence-corrected chi connectivity index (χ4v) is 3.75. The Bertz CT molecular complexity index is 712. The number of aromatic nitrogens is 1. The van der Waals surface area contributed by atoms with Gasteiger partial charge in [-0.25, -0.2) is 4.98 Å². The lowest BCUT2D eigenvalue weighted by molar-refractivity contribution is 0.295. The highest BCUT2D eigenvalue weighted by atomic mass is 127. The Morgan fingerprint density at radius 1 is 1.11 bits per heavy atom. The average Bonchev–Trinajstić information content (AvgIpc) is 3.17. The van der Waals surface area contributed by atoms with E-state index in [1.165, 1.54) is 21.0 Å². The molecule has 0 atom stereocenters. The van der Waals surface area contributed by atoms with E-state index in [1.807, 2.05) is 13.2 Å². The number of aryl methyl sites for hydroxylation is 1. The molecule has 0 aliphatic rings. The number of hydrogen-bond acceptors (Lipinski definition) is 4. The van der Waals surface area contributed by atoms with Crippen LogP contribution in [-0.2, 0) is 25.9 Å². The summed E-state index contributed by atoms with van der Waals surface area (Å²) in [5.41, 5.74) is 2.69. The lowest BCUT2D eigenvalue weighted by Crippen LogP contribution is -2.38. The predicted octanol–water partition coefficient (Wildman–Crippen LogP) is 4.07. The number of guanidine groups is 1. The van der Waals surface area contributed by atoms with E-state index in [0.29, 0.717) is 0 Å². The van der Waals surface area contributed by atoms with Crippen LogP contribution in [0, 0.1) is 0 Å². The van der Waals surface area contributed by atoms with Crippen molar-refractivity contribution < 1.29 is 0 Å². The van der Waals surface area contributed by atoms with Crippen molar-refractivity contribution >= 4 is 41.3 Å². The van der Waals surface area contributed by atoms with Gasteiger partial charge in [0.05, 0.1) is 5.01 Å². The molecule has 0 saturated carbocycles. The number of benzene rings is 1. The second-order valence-electron chi connectivity index (χ2n) is 6.41. The van der Waals surface area contributed by atoms with Gasteiger partial charge >= 0.3 is 0 Å². The van der Waals surface area contributed by atoms with Crippen molar-refractivity contribution in [1.29, 1.82) is 0 Å². The molecular formula is C21H34IN5S. The van der Waals surface area contributed by atoms with Gasteiger partial charge in [0.1, 0.15) is 0 Å². The van der Waals surface area contributed by atoms with Gasteiger partial charge in [-0.3, -0.25) is 9.89 Å². The number of halogens is 1. The van der Waals surface area contributed by atoms with Gasteiger partial charge in [0, 0.05) is 44.2 Å². The fourth-order valence-electron chi connectivity index (χ4n) is 2.89. The molecule has 1 aromatic heterocycles. The summed E-state index contributed by atoms with van der Waals surface area (Å²) in [7, 11) is 1.82. The molecule has 2 rings (SSSR count). The Morgan fingerprint density at radius 2 is 1.82 bits per heavy atom. The van der Waals surface area contributed by atoms with Gasteiger partial charge in [0.2, 0.25) is 0 Å². The minimum Gasteiger partial charge on any atom is -0.356 e. The summed E-state index contributed by atoms with van der Waals surface area (Å²) < 4.78 is 0. The normalized spacial score (nSPS) is 11.4. The number of thiazole rings is 1. The van der Waals surface area contributed by atoms with Gasteiger partial charge in [-0.1, -0.05) is 45.0 Å². The molecule has 0 aliphatic carbocycles. The second-order valence-corrected chi connectivity index (χ2v) is 7.61. The SMILES string of the molecule is CCc1cnc(CCNC(=NC)NCc2ccccc2CN(CC)CC)s1.I. The van der Waals surface area contributed by atoms with E-state index in [0.717, 1.165) is 51.5 Å². The largest absolute Gasteiger partial charge is 0.356 e. The summed E-state index contributed by atoms with van der Waals surface area (Å²) in [6.07, 6.45) is 3.96. The Labute approximate surface area is 191 Å². The number of aliphatic imine (C=N–C) groups is 1. The van der Waals surface area contributed by atoms with Crippen molar-refractivity contribution in [3.8, 4) is 0 Å². The summed E-state index contributed by atoms with van der Waals surface area (Å²) in [5, 5.41) is 8.01. The number of rotatable bonds is 10. The van der Waals surface area contributed by atoms with Crippen molar-refractivity contribution in [2.75, 3.05) is 26.7 Å². The van der Waals surface area contributed by atoms with E-state index in [4.69, 9.17) is 0 Å². The standard InChI is InChI=1S/C21H33N5S.HI/c1-5-19-15-24-20(27-19)12-13-23-21(22-4)25-14-17-10-8-9-11-18(17)16-26(6-2)7-3;/h8-11,15H,5-7,12-14,16H2,1-4H3,(H2,22,23,25);1H. The van der Waals surface area contributed by atoms with Crippen LogP contribution in [-0.4, -0.2) is 42.5 Å². The van der Waals surface area contributed by atoms with Crippen LogP contribution in [0.5, 0.6) is 0 Å². The van der Waals surface area contributed by atoms with Gasteiger partial charge in [-0.2, -0.15) is 0 Å². The van der Waals surface area contributed by atoms with Crippen LogP contribution < -0.4 is 10.6 Å². The van der Waals surface area contributed by atoms with Crippen molar-refractivity contribution in [3.63, 3.8) is 0 Å². The van der Waals surface area contributed by atoms with Gasteiger partial charge < -0.3 is 10.6 Å². The van der Waals surface area contributed by atoms with Crippen molar-refractivity contribution in [2.24, 2.45) is 4.99 Å². The number of hydrogen-bond donors (Lipinski definition) is 2. The maximum Gasteiger partial charge on any atom is 0.191 e. The zero-order valence-corrected chi connectivity index (χ0v) is 20.6. The topological polar surface area (TPSA) is 52.6 Å². The smallest absolute Gasteiger partial charge is 0.191 e. The lowest BCUT2D eigenvalue weighted by atomic mass is 10.1. The first-order chi connectivity index (χ1) is 13.2. The Kier molecular flexibility index (Phi) is 12.3. The molecule has 0 radical (unpaired) electrons. The van der Waals surface area contributed by atoms with E-state index in [1.54, 1.807) is 11.3 Å². The minimum absolute atomic E-state index is 0. The van der Waals surface area contributed by atoms with Crippen LogP contribution in [0.4, 0.5) is 0 Å². The summed E-state index contributed by atoms with van der Waals surface area (Å²) in [6.45, 7) is 11.3. The maximum absolute atomic E-state index is 4.47. The molecule has 1 heterocycles. The fraction of sp³-hybridized carbons (Fsp3) is 0.524. The molecule has 2 aromatic rings. The quantitative estimate of drug-likeness (QED) is 0.285. The van der Waals surface area contributed by atoms with E-state index < -0.39 is 0 Å². The molecular weight excluding hydrogens is 481 g/mol. The molecule has 1 aromatic carbocycles. The average molecular weight is 516 g/mol. The molecule has 0 bridgehead atoms. The van der Waals surface area contributed by atoms with Gasteiger partial charge in [-0.15, -0.1) is 35.3 Å². The molecule has 5 nitrogen and oxygen atoms in total. The molecule has 2 N–H and O–H groups in total. The van der Waals surface area contributed by atoms with Crippen LogP contribution >= 0.6 is 35.3 Å². The lowest BCUT2D eigenvalue weighted by Gasteiger charge is -2.20. The third-order valence-electron chi connectivity index (χ3n) is 4.66. The van der Waals surface area contributed by atoms with E-state index >= 15 is 0 Å². The van der Waals surface area contributed by atoms with Crippen LogP contribution in [0.3, 0.4) is 0 Å². The highest BCUT2D eigenvalue weighted by Gasteiger charge is 2.07. The van der Waals surface area contributed by atoms with Crippen molar-refractivity contribution in [2.45, 2.75) is 46.7 Å². The van der Waals surface area contributed by atoms with Crippen LogP contribution in [0.25, 0.3) is 0 Å². The monoisotopic (exact) mass is 515 g/mol. The van der Waals surface area contributed by atoms with E-state index in [2.05, 4.69) is 70.5 Å². The zero-order chi connectivity index (χ0) is 19.5. The van der Waals surface area contributed by atoms with Gasteiger partial charge in [0.15, 0.2) is 5.96 Å². The molecule has 0 fully saturated rings. The Hall–Kier alpha value is -1.19. The third-order valence-corrected chi connectivity index (χ3v) is 5.86. The molecule has 28 heavy (non-hydrogen) atoms. The summed E-state index contributed by atoms with van der Waals surface area (Å²) in [4.78, 5) is 12.6. The molecule has 0 unspecified atom stereocenters. The highest BCUT2D eigenvalue weighted by Crippen LogP contribution is 2.13. The molecule has 7 heteroatoms. The Morgan fingerprint density at radius 3 is 2.43 bits per heavy atom. The third kappa shape index (κ3) is 8.05. The predicted molar refractivity (Wildman–Crippen MR) is 132 cm³/mol. The minimum atomic E-state index is 0. The molecule has 0 saturated heterocycles. The number of nitrogens with zero attached hydrogens (tertiary/aromatic N) is 3. The van der Waals surface area contributed by atoms with Gasteiger partial charge in [-0.05, 0) is 30.6 Å². The molecule has 156 valence electrons. The zero-order valence-electron chi connectivity index (χ0n) is 17.5. The molecule has 0 aliphatic heterocycles. The highest BCUT2D eigenvalue weighted by molar-refractivity contribution is 14.0. The van der Waals surface area contributed by atoms with Crippen molar-refractivity contribution in [3.05, 3.63) is 51.5 Å². The summed E-state index contributed by atoms with van der Waals surface area (Å²) in [6, 6.07) is 8.64. The van der Waals surface area contributed by atoms with Crippen LogP contribution in [0.1, 0.15) is 41.8 Å². The number of nitrogens with one attached hydrogen (secondary N) is 2. The summed E-state index contributed by atoms with van der Waals surface area (Å²) >= 11 is 1.80. The first-order valence-corrected chi connectivity index (χ1v) is 10.7. The first-order valence-electron chi connectivity index (χ1n) is 9.87. The van der Waals surface area contributed by atoms with Crippen molar-refractivity contribution in [1.82, 2.24) is 20.5 Å². The van der Waals surface area contributed by atoms with Crippen LogP contribution in [0.2, 0.25) is 0 Å². The van der Waals surface area contributed by atoms with Gasteiger partial charge in [0.25, 0.3) is 0 Å². The molecule has 0 amide bonds. The van der Waals surface area contributed by atoms with E-state index in [-0.39, 0.29) is 24.0 Å². The van der Waals surface area contributed by atoms with E-state index in [9.17, 15) is 0 Å². The summed E-state index contributed by atoms with van der Waals surface area (Å²) in [5.74, 6) is 0.833. The Balaban J connectivity index is 0.00000392. The maximum atomic E-state index is 4.47. The van der Waals surface area contributed by atoms with Crippen LogP contribution in [0.15, 0.2) is 35.5 Å². The first kappa shape index (κ1) is 24.8.